The molecule has 2 aromatic rings. The Labute approximate surface area is 145 Å². The average Bonchev–Trinajstić information content (AvgIpc) is 2.51. The van der Waals surface area contributed by atoms with Gasteiger partial charge in [0, 0.05) is 36.9 Å². The Morgan fingerprint density at radius 1 is 1.39 bits per heavy atom. The van der Waals surface area contributed by atoms with Crippen LogP contribution in [0.15, 0.2) is 27.5 Å². The predicted molar refractivity (Wildman–Crippen MR) is 95.5 cm³/mol. The van der Waals surface area contributed by atoms with Crippen molar-refractivity contribution in [1.82, 2.24) is 14.9 Å². The predicted octanol–water partition coefficient (Wildman–Crippen LogP) is 3.35. The normalized spacial score (nSPS) is 14.7. The van der Waals surface area contributed by atoms with Crippen LogP contribution in [0, 0.1) is 6.92 Å². The van der Waals surface area contributed by atoms with E-state index in [2.05, 4.69) is 62.8 Å². The van der Waals surface area contributed by atoms with Gasteiger partial charge in [-0.2, -0.15) is 0 Å². The third kappa shape index (κ3) is 3.72. The van der Waals surface area contributed by atoms with E-state index in [4.69, 9.17) is 0 Å². The molecule has 4 nitrogen and oxygen atoms in total. The number of fused-ring (bicyclic) bond motifs is 1. The summed E-state index contributed by atoms with van der Waals surface area (Å²) in [5.41, 5.74) is 4.35. The molecular weight excluding hydrogens is 354 g/mol. The summed E-state index contributed by atoms with van der Waals surface area (Å²) >= 11 is 3.64. The summed E-state index contributed by atoms with van der Waals surface area (Å²) in [6.45, 7) is 6.64. The van der Waals surface area contributed by atoms with E-state index >= 15 is 0 Å². The van der Waals surface area contributed by atoms with Crippen molar-refractivity contribution in [2.24, 2.45) is 0 Å². The van der Waals surface area contributed by atoms with Crippen LogP contribution >= 0.6 is 15.9 Å². The number of halogens is 1. The summed E-state index contributed by atoms with van der Waals surface area (Å²) in [7, 11) is 0. The first kappa shape index (κ1) is 16.4. The first-order valence-corrected chi connectivity index (χ1v) is 8.94. The van der Waals surface area contributed by atoms with Crippen LogP contribution in [0.5, 0.6) is 0 Å². The Morgan fingerprint density at radius 2 is 2.22 bits per heavy atom. The molecule has 1 aliphatic rings. The molecule has 0 bridgehead atoms. The van der Waals surface area contributed by atoms with Crippen molar-refractivity contribution in [3.05, 3.63) is 61.2 Å². The van der Waals surface area contributed by atoms with E-state index in [1.165, 1.54) is 11.1 Å². The minimum absolute atomic E-state index is 0.0334. The number of benzene rings is 1. The lowest BCUT2D eigenvalue weighted by Gasteiger charge is -2.28. The topological polar surface area (TPSA) is 49.0 Å². The molecule has 122 valence electrons. The molecule has 0 amide bonds. The monoisotopic (exact) mass is 375 g/mol. The number of aromatic amines is 1. The van der Waals surface area contributed by atoms with E-state index in [0.717, 1.165) is 53.9 Å². The molecule has 5 heteroatoms. The van der Waals surface area contributed by atoms with Crippen LogP contribution in [0.3, 0.4) is 0 Å². The maximum atomic E-state index is 12.3. The lowest BCUT2D eigenvalue weighted by Crippen LogP contribution is -2.35. The van der Waals surface area contributed by atoms with Crippen molar-refractivity contribution in [2.45, 2.75) is 46.2 Å². The highest BCUT2D eigenvalue weighted by molar-refractivity contribution is 9.10. The van der Waals surface area contributed by atoms with Crippen LogP contribution in [0.25, 0.3) is 0 Å². The highest BCUT2D eigenvalue weighted by atomic mass is 79.9. The SMILES string of the molecule is CCCc1nc2c(c(=O)[nH]1)CN(Cc1ccc(C)cc1Br)CC2. The minimum atomic E-state index is 0.0334. The zero-order chi connectivity index (χ0) is 16.4. The van der Waals surface area contributed by atoms with Crippen molar-refractivity contribution in [3.63, 3.8) is 0 Å². The molecule has 0 unspecified atom stereocenters. The molecule has 2 heterocycles. The molecule has 3 rings (SSSR count). The lowest BCUT2D eigenvalue weighted by molar-refractivity contribution is 0.241. The highest BCUT2D eigenvalue weighted by Crippen LogP contribution is 2.22. The van der Waals surface area contributed by atoms with Crippen molar-refractivity contribution in [3.8, 4) is 0 Å². The minimum Gasteiger partial charge on any atom is -0.310 e. The Bertz CT molecular complexity index is 769. The Balaban J connectivity index is 1.79. The molecule has 0 atom stereocenters. The maximum absolute atomic E-state index is 12.3. The smallest absolute Gasteiger partial charge is 0.255 e. The van der Waals surface area contributed by atoms with Gasteiger partial charge in [-0.1, -0.05) is 35.0 Å². The second-order valence-electron chi connectivity index (χ2n) is 6.24. The highest BCUT2D eigenvalue weighted by Gasteiger charge is 2.21. The summed E-state index contributed by atoms with van der Waals surface area (Å²) in [5, 5.41) is 0. The molecule has 23 heavy (non-hydrogen) atoms. The van der Waals surface area contributed by atoms with Gasteiger partial charge in [0.05, 0.1) is 11.3 Å². The second kappa shape index (κ2) is 6.97. The molecule has 1 N–H and O–H groups in total. The fourth-order valence-electron chi connectivity index (χ4n) is 3.04. The van der Waals surface area contributed by atoms with Crippen molar-refractivity contribution < 1.29 is 0 Å². The molecule has 0 fully saturated rings. The largest absolute Gasteiger partial charge is 0.310 e. The maximum Gasteiger partial charge on any atom is 0.255 e. The molecule has 0 saturated carbocycles. The number of hydrogen-bond acceptors (Lipinski definition) is 3. The van der Waals surface area contributed by atoms with Crippen molar-refractivity contribution in [1.29, 1.82) is 0 Å². The van der Waals surface area contributed by atoms with Gasteiger partial charge in [0.25, 0.3) is 5.56 Å². The lowest BCUT2D eigenvalue weighted by atomic mass is 10.1. The summed E-state index contributed by atoms with van der Waals surface area (Å²) < 4.78 is 1.13. The molecule has 0 radical (unpaired) electrons. The number of hydrogen-bond donors (Lipinski definition) is 1. The van der Waals surface area contributed by atoms with Crippen molar-refractivity contribution in [2.75, 3.05) is 6.54 Å². The van der Waals surface area contributed by atoms with E-state index in [1.54, 1.807) is 0 Å². The summed E-state index contributed by atoms with van der Waals surface area (Å²) in [5.74, 6) is 0.825. The number of aromatic nitrogens is 2. The van der Waals surface area contributed by atoms with Crippen LogP contribution in [-0.4, -0.2) is 21.4 Å². The molecule has 0 saturated heterocycles. The third-order valence-corrected chi connectivity index (χ3v) is 5.02. The Kier molecular flexibility index (Phi) is 4.97. The fourth-order valence-corrected chi connectivity index (χ4v) is 3.66. The van der Waals surface area contributed by atoms with E-state index in [9.17, 15) is 4.79 Å². The third-order valence-electron chi connectivity index (χ3n) is 4.29. The van der Waals surface area contributed by atoms with Gasteiger partial charge in [0.2, 0.25) is 0 Å². The average molecular weight is 376 g/mol. The molecule has 1 aromatic heterocycles. The standard InChI is InChI=1S/C18H22BrN3O/c1-3-4-17-20-16-7-8-22(11-14(16)18(23)21-17)10-13-6-5-12(2)9-15(13)19/h5-6,9H,3-4,7-8,10-11H2,1-2H3,(H,20,21,23). The van der Waals surface area contributed by atoms with Crippen LogP contribution in [-0.2, 0) is 25.9 Å². The first-order chi connectivity index (χ1) is 11.1. The Morgan fingerprint density at radius 3 is 2.96 bits per heavy atom. The van der Waals surface area contributed by atoms with Crippen molar-refractivity contribution >= 4 is 15.9 Å². The van der Waals surface area contributed by atoms with Gasteiger partial charge in [-0.25, -0.2) is 4.98 Å². The van der Waals surface area contributed by atoms with Gasteiger partial charge < -0.3 is 4.98 Å². The van der Waals surface area contributed by atoms with Gasteiger partial charge in [0.15, 0.2) is 0 Å². The first-order valence-electron chi connectivity index (χ1n) is 8.15. The van der Waals surface area contributed by atoms with Crippen LogP contribution < -0.4 is 5.56 Å². The van der Waals surface area contributed by atoms with E-state index in [-0.39, 0.29) is 5.56 Å². The number of H-pyrrole nitrogens is 1. The molecule has 0 aliphatic carbocycles. The number of nitrogens with one attached hydrogen (secondary N) is 1. The second-order valence-corrected chi connectivity index (χ2v) is 7.10. The quantitative estimate of drug-likeness (QED) is 0.891. The van der Waals surface area contributed by atoms with E-state index in [1.807, 2.05) is 0 Å². The molecule has 0 spiro atoms. The van der Waals surface area contributed by atoms with E-state index in [0.29, 0.717) is 6.54 Å². The van der Waals surface area contributed by atoms with Crippen LogP contribution in [0.1, 0.15) is 41.6 Å². The number of aryl methyl sites for hydroxylation is 2. The molecule has 1 aromatic carbocycles. The zero-order valence-corrected chi connectivity index (χ0v) is 15.2. The van der Waals surface area contributed by atoms with Gasteiger partial charge in [-0.3, -0.25) is 9.69 Å². The van der Waals surface area contributed by atoms with Crippen LogP contribution in [0.2, 0.25) is 0 Å². The van der Waals surface area contributed by atoms with Gasteiger partial charge in [0.1, 0.15) is 5.82 Å². The summed E-state index contributed by atoms with van der Waals surface area (Å²) in [6, 6.07) is 6.42. The Hall–Kier alpha value is -1.46. The summed E-state index contributed by atoms with van der Waals surface area (Å²) in [6.07, 6.45) is 2.68. The van der Waals surface area contributed by atoms with Crippen LogP contribution in [0.4, 0.5) is 0 Å². The van der Waals surface area contributed by atoms with Gasteiger partial charge in [-0.15, -0.1) is 0 Å². The molecule has 1 aliphatic heterocycles. The molecular formula is C18H22BrN3O. The van der Waals surface area contributed by atoms with E-state index < -0.39 is 0 Å². The summed E-state index contributed by atoms with van der Waals surface area (Å²) in [4.78, 5) is 22.2. The fraction of sp³-hybridized carbons (Fsp3) is 0.444. The number of nitrogens with zero attached hydrogens (tertiary/aromatic N) is 2. The number of rotatable bonds is 4. The zero-order valence-electron chi connectivity index (χ0n) is 13.7. The van der Waals surface area contributed by atoms with Gasteiger partial charge >= 0.3 is 0 Å². The van der Waals surface area contributed by atoms with Gasteiger partial charge in [-0.05, 0) is 30.5 Å².